The summed E-state index contributed by atoms with van der Waals surface area (Å²) in [6.45, 7) is 5.84. The molecule has 4 aliphatic heterocycles. The van der Waals surface area contributed by atoms with Gasteiger partial charge in [0.15, 0.2) is 0 Å². The predicted octanol–water partition coefficient (Wildman–Crippen LogP) is 2.11. The summed E-state index contributed by atoms with van der Waals surface area (Å²) < 4.78 is 7.44. The van der Waals surface area contributed by atoms with Crippen molar-refractivity contribution in [2.45, 2.75) is 56.7 Å². The molecule has 1 amide bonds. The molecule has 1 aromatic heterocycles. The van der Waals surface area contributed by atoms with Crippen molar-refractivity contribution >= 4 is 11.6 Å². The van der Waals surface area contributed by atoms with Gasteiger partial charge in [0.25, 0.3) is 0 Å². The van der Waals surface area contributed by atoms with Crippen LogP contribution in [0, 0.1) is 11.8 Å². The second-order valence-electron chi connectivity index (χ2n) is 11.1. The lowest BCUT2D eigenvalue weighted by atomic mass is 9.75. The van der Waals surface area contributed by atoms with Gasteiger partial charge in [0.2, 0.25) is 5.91 Å². The number of nitrogens with zero attached hydrogens (tertiary/aromatic N) is 6. The number of amides is 1. The Kier molecular flexibility index (Phi) is 6.37. The van der Waals surface area contributed by atoms with Gasteiger partial charge in [-0.05, 0) is 50.3 Å². The molecule has 1 saturated carbocycles. The first-order valence-electron chi connectivity index (χ1n) is 13.6. The monoisotopic (exact) mass is 494 g/mol. The highest BCUT2D eigenvalue weighted by Crippen LogP contribution is 2.39. The van der Waals surface area contributed by atoms with Crippen molar-refractivity contribution in [2.24, 2.45) is 11.8 Å². The SMILES string of the molecule is COc1ccccc1N1CCN(C(=O)C2CN3CCC2CC3Cn2cc(C3(O)CCCC3)nn2)CC1. The summed E-state index contributed by atoms with van der Waals surface area (Å²) in [4.78, 5) is 20.5. The zero-order valence-corrected chi connectivity index (χ0v) is 21.3. The molecular formula is C27H38N6O3. The number of benzene rings is 1. The zero-order valence-electron chi connectivity index (χ0n) is 21.3. The van der Waals surface area contributed by atoms with Gasteiger partial charge in [-0.1, -0.05) is 30.2 Å². The predicted molar refractivity (Wildman–Crippen MR) is 136 cm³/mol. The first-order chi connectivity index (χ1) is 17.5. The van der Waals surface area contributed by atoms with Crippen LogP contribution in [0.4, 0.5) is 5.69 Å². The number of fused-ring (bicyclic) bond motifs is 3. The third kappa shape index (κ3) is 4.36. The average Bonchev–Trinajstić information content (AvgIpc) is 3.59. The van der Waals surface area contributed by atoms with Gasteiger partial charge >= 0.3 is 0 Å². The number of piperidine rings is 3. The van der Waals surface area contributed by atoms with Crippen molar-refractivity contribution in [3.63, 3.8) is 0 Å². The van der Waals surface area contributed by atoms with Gasteiger partial charge in [-0.2, -0.15) is 0 Å². The van der Waals surface area contributed by atoms with E-state index in [1.54, 1.807) is 7.11 Å². The second kappa shape index (κ2) is 9.67. The summed E-state index contributed by atoms with van der Waals surface area (Å²) in [5.41, 5.74) is 1.03. The molecule has 4 atom stereocenters. The van der Waals surface area contributed by atoms with E-state index in [9.17, 15) is 9.90 Å². The Morgan fingerprint density at radius 1 is 1.14 bits per heavy atom. The van der Waals surface area contributed by atoms with E-state index in [0.29, 0.717) is 17.9 Å². The van der Waals surface area contributed by atoms with Crippen molar-refractivity contribution in [3.8, 4) is 5.75 Å². The van der Waals surface area contributed by atoms with E-state index in [1.807, 2.05) is 29.1 Å². The molecule has 4 saturated heterocycles. The number of anilines is 1. The van der Waals surface area contributed by atoms with E-state index >= 15 is 0 Å². The summed E-state index contributed by atoms with van der Waals surface area (Å²) >= 11 is 0. The molecule has 2 aromatic rings. The first kappa shape index (κ1) is 23.7. The molecule has 194 valence electrons. The van der Waals surface area contributed by atoms with Gasteiger partial charge in [-0.15, -0.1) is 5.10 Å². The van der Waals surface area contributed by atoms with Crippen LogP contribution in [0.2, 0.25) is 0 Å². The molecule has 2 bridgehead atoms. The van der Waals surface area contributed by atoms with Gasteiger partial charge in [-0.3, -0.25) is 14.4 Å². The van der Waals surface area contributed by atoms with E-state index in [2.05, 4.69) is 31.1 Å². The Hall–Kier alpha value is -2.65. The number of piperazine rings is 1. The minimum atomic E-state index is -0.794. The third-order valence-electron chi connectivity index (χ3n) is 9.06. The van der Waals surface area contributed by atoms with Crippen LogP contribution in [0.5, 0.6) is 5.75 Å². The van der Waals surface area contributed by atoms with Crippen molar-refractivity contribution in [1.29, 1.82) is 0 Å². The van der Waals surface area contributed by atoms with Crippen LogP contribution >= 0.6 is 0 Å². The largest absolute Gasteiger partial charge is 0.495 e. The number of aromatic nitrogens is 3. The van der Waals surface area contributed by atoms with Gasteiger partial charge in [0.05, 0.1) is 31.5 Å². The quantitative estimate of drug-likeness (QED) is 0.658. The molecule has 0 radical (unpaired) electrons. The van der Waals surface area contributed by atoms with E-state index in [1.165, 1.54) is 0 Å². The maximum absolute atomic E-state index is 13.6. The lowest BCUT2D eigenvalue weighted by Gasteiger charge is -2.50. The minimum absolute atomic E-state index is 0.0957. The molecule has 5 heterocycles. The van der Waals surface area contributed by atoms with Gasteiger partial charge < -0.3 is 19.6 Å². The standard InChI is InChI=1S/C27H38N6O3/c1-36-24-7-3-2-6-23(24)30-12-14-31(15-13-30)26(34)22-18-32-11-8-20(22)16-21(32)17-33-19-25(28-29-33)27(35)9-4-5-10-27/h2-3,6-7,19-22,35H,4-5,8-18H2,1H3. The number of carbonyl (C=O) groups is 1. The van der Waals surface area contributed by atoms with E-state index < -0.39 is 5.60 Å². The molecule has 5 fully saturated rings. The Morgan fingerprint density at radius 2 is 1.92 bits per heavy atom. The van der Waals surface area contributed by atoms with Crippen LogP contribution in [0.3, 0.4) is 0 Å². The fraction of sp³-hybridized carbons (Fsp3) is 0.667. The number of aliphatic hydroxyl groups is 1. The summed E-state index contributed by atoms with van der Waals surface area (Å²) in [7, 11) is 1.71. The highest BCUT2D eigenvalue weighted by atomic mass is 16.5. The minimum Gasteiger partial charge on any atom is -0.495 e. The number of rotatable bonds is 6. The number of hydrogen-bond acceptors (Lipinski definition) is 7. The second-order valence-corrected chi connectivity index (χ2v) is 11.1. The Labute approximate surface area is 213 Å². The van der Waals surface area contributed by atoms with Gasteiger partial charge in [0.1, 0.15) is 17.0 Å². The maximum Gasteiger partial charge on any atom is 0.227 e. The topological polar surface area (TPSA) is 87.0 Å². The number of hydrogen-bond donors (Lipinski definition) is 1. The van der Waals surface area contributed by atoms with E-state index in [4.69, 9.17) is 4.74 Å². The van der Waals surface area contributed by atoms with Crippen LogP contribution in [0.25, 0.3) is 0 Å². The third-order valence-corrected chi connectivity index (χ3v) is 9.06. The number of para-hydroxylation sites is 2. The van der Waals surface area contributed by atoms with Crippen LogP contribution in [-0.2, 0) is 16.9 Å². The molecule has 1 aliphatic carbocycles. The molecule has 0 spiro atoms. The van der Waals surface area contributed by atoms with Gasteiger partial charge in [0, 0.05) is 38.8 Å². The Balaban J connectivity index is 1.05. The number of ether oxygens (including phenoxy) is 1. The van der Waals surface area contributed by atoms with E-state index in [-0.39, 0.29) is 5.92 Å². The molecule has 9 heteroatoms. The highest BCUT2D eigenvalue weighted by Gasteiger charge is 2.45. The first-order valence-corrected chi connectivity index (χ1v) is 13.6. The van der Waals surface area contributed by atoms with Crippen molar-refractivity contribution in [2.75, 3.05) is 51.3 Å². The van der Waals surface area contributed by atoms with E-state index in [0.717, 1.165) is 101 Å². The van der Waals surface area contributed by atoms with Gasteiger partial charge in [-0.25, -0.2) is 0 Å². The normalized spacial score (nSPS) is 29.5. The summed E-state index contributed by atoms with van der Waals surface area (Å²) in [5.74, 6) is 1.74. The molecule has 5 aliphatic rings. The number of carbonyl (C=O) groups excluding carboxylic acids is 1. The highest BCUT2D eigenvalue weighted by molar-refractivity contribution is 5.80. The lowest BCUT2D eigenvalue weighted by Crippen LogP contribution is -2.60. The van der Waals surface area contributed by atoms with Crippen LogP contribution in [-0.4, -0.2) is 88.2 Å². The van der Waals surface area contributed by atoms with Crippen LogP contribution in [0.15, 0.2) is 30.5 Å². The fourth-order valence-electron chi connectivity index (χ4n) is 6.93. The summed E-state index contributed by atoms with van der Waals surface area (Å²) in [6, 6.07) is 8.49. The molecule has 1 N–H and O–H groups in total. The van der Waals surface area contributed by atoms with Crippen molar-refractivity contribution < 1.29 is 14.6 Å². The fourth-order valence-corrected chi connectivity index (χ4v) is 6.93. The maximum atomic E-state index is 13.6. The van der Waals surface area contributed by atoms with Crippen molar-refractivity contribution in [1.82, 2.24) is 24.8 Å². The molecular weight excluding hydrogens is 456 g/mol. The molecule has 7 rings (SSSR count). The lowest BCUT2D eigenvalue weighted by molar-refractivity contribution is -0.144. The number of methoxy groups -OCH3 is 1. The van der Waals surface area contributed by atoms with Crippen molar-refractivity contribution in [3.05, 3.63) is 36.2 Å². The smallest absolute Gasteiger partial charge is 0.227 e. The molecule has 9 nitrogen and oxygen atoms in total. The van der Waals surface area contributed by atoms with Crippen LogP contribution in [0.1, 0.15) is 44.2 Å². The summed E-state index contributed by atoms with van der Waals surface area (Å²) in [6.07, 6.45) is 7.71. The average molecular weight is 495 g/mol. The zero-order chi connectivity index (χ0) is 24.7. The van der Waals surface area contributed by atoms with Crippen LogP contribution < -0.4 is 9.64 Å². The molecule has 1 aromatic carbocycles. The Morgan fingerprint density at radius 3 is 2.64 bits per heavy atom. The Bertz CT molecular complexity index is 1070. The molecule has 4 unspecified atom stereocenters. The molecule has 36 heavy (non-hydrogen) atoms. The summed E-state index contributed by atoms with van der Waals surface area (Å²) in [5, 5.41) is 19.5.